The van der Waals surface area contributed by atoms with Crippen molar-refractivity contribution in [1.82, 2.24) is 4.90 Å². The highest BCUT2D eigenvalue weighted by Crippen LogP contribution is 2.48. The van der Waals surface area contributed by atoms with Crippen LogP contribution in [0.5, 0.6) is 0 Å². The van der Waals surface area contributed by atoms with E-state index in [-0.39, 0.29) is 24.7 Å². The van der Waals surface area contributed by atoms with E-state index >= 15 is 0 Å². The van der Waals surface area contributed by atoms with Gasteiger partial charge < -0.3 is 10.2 Å². The molecule has 2 atom stereocenters. The standard InChI is InChI=1S/C14H21NO2/c1-15-9-7-14(11-17,8-10-16)13(15)12-5-3-2-4-6-12/h2-6,13,16-17H,7-11H2,1H3/t13-,14+/m1/s1. The molecule has 0 aromatic heterocycles. The molecule has 0 unspecified atom stereocenters. The molecule has 94 valence electrons. The smallest absolute Gasteiger partial charge is 0.0507 e. The zero-order valence-corrected chi connectivity index (χ0v) is 10.3. The lowest BCUT2D eigenvalue weighted by molar-refractivity contribution is 0.0562. The van der Waals surface area contributed by atoms with Gasteiger partial charge in [0.15, 0.2) is 0 Å². The molecule has 1 saturated heterocycles. The van der Waals surface area contributed by atoms with E-state index in [1.807, 2.05) is 18.2 Å². The molecule has 1 heterocycles. The van der Waals surface area contributed by atoms with E-state index in [1.165, 1.54) is 5.56 Å². The number of hydrogen-bond donors (Lipinski definition) is 2. The van der Waals surface area contributed by atoms with E-state index < -0.39 is 0 Å². The Labute approximate surface area is 103 Å². The molecule has 1 aliphatic rings. The maximum Gasteiger partial charge on any atom is 0.0507 e. The number of hydrogen-bond acceptors (Lipinski definition) is 3. The Bertz CT molecular complexity index is 350. The van der Waals surface area contributed by atoms with E-state index in [0.29, 0.717) is 6.42 Å². The van der Waals surface area contributed by atoms with Crippen LogP contribution in [0.4, 0.5) is 0 Å². The molecule has 2 N–H and O–H groups in total. The van der Waals surface area contributed by atoms with Gasteiger partial charge in [-0.2, -0.15) is 0 Å². The molecule has 3 nitrogen and oxygen atoms in total. The van der Waals surface area contributed by atoms with Crippen LogP contribution in [-0.2, 0) is 0 Å². The fourth-order valence-electron chi connectivity index (χ4n) is 3.10. The maximum absolute atomic E-state index is 9.76. The first-order chi connectivity index (χ1) is 8.23. The third kappa shape index (κ3) is 2.23. The highest BCUT2D eigenvalue weighted by Gasteiger charge is 2.45. The molecule has 0 aliphatic carbocycles. The average molecular weight is 235 g/mol. The van der Waals surface area contributed by atoms with Crippen molar-refractivity contribution in [2.24, 2.45) is 5.41 Å². The SMILES string of the molecule is CN1CC[C@@](CO)(CCO)[C@H]1c1ccccc1. The number of likely N-dealkylation sites (tertiary alicyclic amines) is 1. The third-order valence-corrected chi connectivity index (χ3v) is 4.02. The van der Waals surface area contributed by atoms with Crippen molar-refractivity contribution >= 4 is 0 Å². The van der Waals surface area contributed by atoms with Crippen LogP contribution in [0.25, 0.3) is 0 Å². The normalized spacial score (nSPS) is 29.7. The summed E-state index contributed by atoms with van der Waals surface area (Å²) < 4.78 is 0. The lowest BCUT2D eigenvalue weighted by Gasteiger charge is -2.35. The number of nitrogens with zero attached hydrogens (tertiary/aromatic N) is 1. The minimum Gasteiger partial charge on any atom is -0.396 e. The van der Waals surface area contributed by atoms with Crippen molar-refractivity contribution in [1.29, 1.82) is 0 Å². The van der Waals surface area contributed by atoms with E-state index in [0.717, 1.165) is 13.0 Å². The second kappa shape index (κ2) is 5.17. The lowest BCUT2D eigenvalue weighted by atomic mass is 9.75. The topological polar surface area (TPSA) is 43.7 Å². The Balaban J connectivity index is 2.34. The summed E-state index contributed by atoms with van der Waals surface area (Å²) in [6.07, 6.45) is 1.60. The van der Waals surface area contributed by atoms with Gasteiger partial charge >= 0.3 is 0 Å². The van der Waals surface area contributed by atoms with E-state index in [1.54, 1.807) is 0 Å². The fraction of sp³-hybridized carbons (Fsp3) is 0.571. The predicted molar refractivity (Wildman–Crippen MR) is 67.7 cm³/mol. The zero-order chi connectivity index (χ0) is 12.3. The van der Waals surface area contributed by atoms with Crippen molar-refractivity contribution in [2.45, 2.75) is 18.9 Å². The Morgan fingerprint density at radius 3 is 2.59 bits per heavy atom. The molecule has 1 aliphatic heterocycles. The quantitative estimate of drug-likeness (QED) is 0.829. The van der Waals surface area contributed by atoms with E-state index in [4.69, 9.17) is 0 Å². The number of aliphatic hydroxyl groups is 2. The van der Waals surface area contributed by atoms with Crippen molar-refractivity contribution in [3.63, 3.8) is 0 Å². The summed E-state index contributed by atoms with van der Waals surface area (Å²) in [6, 6.07) is 10.5. The van der Waals surface area contributed by atoms with E-state index in [2.05, 4.69) is 24.1 Å². The summed E-state index contributed by atoms with van der Waals surface area (Å²) in [4.78, 5) is 2.28. The highest BCUT2D eigenvalue weighted by molar-refractivity contribution is 5.23. The summed E-state index contributed by atoms with van der Waals surface area (Å²) in [5.41, 5.74) is 1.04. The molecule has 2 rings (SSSR count). The van der Waals surface area contributed by atoms with E-state index in [9.17, 15) is 10.2 Å². The monoisotopic (exact) mass is 235 g/mol. The first-order valence-corrected chi connectivity index (χ1v) is 6.20. The number of benzene rings is 1. The van der Waals surface area contributed by atoms with Crippen LogP contribution in [0.15, 0.2) is 30.3 Å². The molecule has 0 spiro atoms. The van der Waals surface area contributed by atoms with Crippen LogP contribution >= 0.6 is 0 Å². The summed E-state index contributed by atoms with van der Waals surface area (Å²) in [5.74, 6) is 0. The van der Waals surface area contributed by atoms with Gasteiger partial charge in [0.05, 0.1) is 6.61 Å². The Morgan fingerprint density at radius 2 is 2.00 bits per heavy atom. The maximum atomic E-state index is 9.76. The third-order valence-electron chi connectivity index (χ3n) is 4.02. The molecule has 3 heteroatoms. The summed E-state index contributed by atoms with van der Waals surface area (Å²) >= 11 is 0. The second-order valence-electron chi connectivity index (χ2n) is 5.04. The number of rotatable bonds is 4. The minimum absolute atomic E-state index is 0.136. The van der Waals surface area contributed by atoms with Crippen LogP contribution in [0.2, 0.25) is 0 Å². The van der Waals surface area contributed by atoms with Crippen LogP contribution in [0.3, 0.4) is 0 Å². The first kappa shape index (κ1) is 12.6. The average Bonchev–Trinajstić information content (AvgIpc) is 2.69. The predicted octanol–water partition coefficient (Wildman–Crippen LogP) is 1.42. The van der Waals surface area contributed by atoms with Crippen LogP contribution in [0, 0.1) is 5.41 Å². The van der Waals surface area contributed by atoms with Gasteiger partial charge in [0.25, 0.3) is 0 Å². The molecule has 0 bridgehead atoms. The van der Waals surface area contributed by atoms with Crippen molar-refractivity contribution in [2.75, 3.05) is 26.8 Å². The second-order valence-corrected chi connectivity index (χ2v) is 5.04. The zero-order valence-electron chi connectivity index (χ0n) is 10.3. The largest absolute Gasteiger partial charge is 0.396 e. The molecule has 1 aromatic rings. The molecule has 0 saturated carbocycles. The summed E-state index contributed by atoms with van der Waals surface area (Å²) in [5, 5.41) is 19.0. The minimum atomic E-state index is -0.190. The van der Waals surface area contributed by atoms with Crippen LogP contribution in [0.1, 0.15) is 24.4 Å². The molecule has 1 fully saturated rings. The van der Waals surface area contributed by atoms with Gasteiger partial charge in [-0.3, -0.25) is 4.90 Å². The van der Waals surface area contributed by atoms with Gasteiger partial charge in [-0.1, -0.05) is 30.3 Å². The molecule has 0 radical (unpaired) electrons. The Hall–Kier alpha value is -0.900. The Morgan fingerprint density at radius 1 is 1.29 bits per heavy atom. The van der Waals surface area contributed by atoms with Crippen molar-refractivity contribution in [3.8, 4) is 0 Å². The molecule has 17 heavy (non-hydrogen) atoms. The van der Waals surface area contributed by atoms with Crippen molar-refractivity contribution in [3.05, 3.63) is 35.9 Å². The van der Waals surface area contributed by atoms with Crippen LogP contribution in [-0.4, -0.2) is 41.9 Å². The Kier molecular flexibility index (Phi) is 3.82. The number of aliphatic hydroxyl groups excluding tert-OH is 2. The first-order valence-electron chi connectivity index (χ1n) is 6.20. The summed E-state index contributed by atoms with van der Waals surface area (Å²) in [6.45, 7) is 1.25. The van der Waals surface area contributed by atoms with Gasteiger partial charge in [0.1, 0.15) is 0 Å². The molecular formula is C14H21NO2. The summed E-state index contributed by atoms with van der Waals surface area (Å²) in [7, 11) is 2.09. The van der Waals surface area contributed by atoms with Gasteiger partial charge in [0.2, 0.25) is 0 Å². The van der Waals surface area contributed by atoms with Crippen LogP contribution < -0.4 is 0 Å². The highest BCUT2D eigenvalue weighted by atomic mass is 16.3. The van der Waals surface area contributed by atoms with Crippen molar-refractivity contribution < 1.29 is 10.2 Å². The van der Waals surface area contributed by atoms with Gasteiger partial charge in [-0.05, 0) is 32.0 Å². The van der Waals surface area contributed by atoms with Gasteiger partial charge in [-0.15, -0.1) is 0 Å². The fourth-order valence-corrected chi connectivity index (χ4v) is 3.10. The molecule has 0 amide bonds. The molecular weight excluding hydrogens is 214 g/mol. The molecule has 1 aromatic carbocycles. The lowest BCUT2D eigenvalue weighted by Crippen LogP contribution is -2.34. The van der Waals surface area contributed by atoms with Gasteiger partial charge in [-0.25, -0.2) is 0 Å². The van der Waals surface area contributed by atoms with Gasteiger partial charge in [0, 0.05) is 18.1 Å².